The van der Waals surface area contributed by atoms with Crippen molar-refractivity contribution >= 4 is 40.7 Å². The Morgan fingerprint density at radius 3 is 2.46 bits per heavy atom. The van der Waals surface area contributed by atoms with E-state index in [2.05, 4.69) is 33.1 Å². The van der Waals surface area contributed by atoms with E-state index >= 15 is 0 Å². The number of aliphatic carboxylic acids is 1. The van der Waals surface area contributed by atoms with Crippen LogP contribution >= 0.6 is 22.6 Å². The van der Waals surface area contributed by atoms with Crippen LogP contribution in [0.25, 0.3) is 0 Å². The zero-order chi connectivity index (χ0) is 20.7. The zero-order valence-electron chi connectivity index (χ0n) is 15.4. The molecule has 2 aromatic rings. The lowest BCUT2D eigenvalue weighted by Crippen LogP contribution is -2.23. The molecule has 0 bridgehead atoms. The molecule has 0 spiro atoms. The average Bonchev–Trinajstić information content (AvgIpc) is 2.68. The van der Waals surface area contributed by atoms with E-state index in [0.29, 0.717) is 28.4 Å². The Morgan fingerprint density at radius 1 is 1.11 bits per heavy atom. The van der Waals surface area contributed by atoms with Crippen LogP contribution in [-0.2, 0) is 4.79 Å². The lowest BCUT2D eigenvalue weighted by molar-refractivity contribution is -0.144. The topological polar surface area (TPSA) is 106 Å². The molecule has 2 rings (SSSR count). The molecule has 0 aliphatic carbocycles. The van der Waals surface area contributed by atoms with Gasteiger partial charge in [-0.05, 0) is 71.5 Å². The van der Waals surface area contributed by atoms with Crippen LogP contribution in [0.1, 0.15) is 22.8 Å². The summed E-state index contributed by atoms with van der Waals surface area (Å²) in [6, 6.07) is 9.94. The zero-order valence-corrected chi connectivity index (χ0v) is 17.6. The summed E-state index contributed by atoms with van der Waals surface area (Å²) in [5.41, 5.74) is 3.49. The molecule has 148 valence electrons. The second-order valence-corrected chi connectivity index (χ2v) is 6.72. The molecule has 2 N–H and O–H groups in total. The second kappa shape index (κ2) is 9.93. The van der Waals surface area contributed by atoms with Gasteiger partial charge in [-0.3, -0.25) is 4.79 Å². The number of carboxylic acid groups (broad SMARTS) is 1. The van der Waals surface area contributed by atoms with Gasteiger partial charge in [0.25, 0.3) is 5.91 Å². The van der Waals surface area contributed by atoms with Gasteiger partial charge in [0.2, 0.25) is 0 Å². The summed E-state index contributed by atoms with van der Waals surface area (Å²) in [5, 5.41) is 12.9. The largest absolute Gasteiger partial charge is 0.496 e. The maximum atomic E-state index is 12.2. The summed E-state index contributed by atoms with van der Waals surface area (Å²) in [6.07, 6.45) is 0.424. The summed E-state index contributed by atoms with van der Waals surface area (Å²) >= 11 is 2.12. The van der Waals surface area contributed by atoms with Crippen LogP contribution < -0.4 is 19.6 Å². The fourth-order valence-corrected chi connectivity index (χ4v) is 2.69. The number of ether oxygens (including phenoxy) is 3. The van der Waals surface area contributed by atoms with Crippen LogP contribution in [0.5, 0.6) is 17.2 Å². The summed E-state index contributed by atoms with van der Waals surface area (Å²) in [7, 11) is 2.98. The highest BCUT2D eigenvalue weighted by Crippen LogP contribution is 2.28. The SMILES string of the molecule is COc1cc(C(=O)N/N=C/c2ccc(O[C@H](C)C(=O)O)c(OC)c2)ccc1I. The molecular weight excluding hydrogens is 479 g/mol. The maximum Gasteiger partial charge on any atom is 0.344 e. The Hall–Kier alpha value is -2.82. The summed E-state index contributed by atoms with van der Waals surface area (Å²) in [6.45, 7) is 1.42. The van der Waals surface area contributed by atoms with E-state index in [1.807, 2.05) is 0 Å². The Kier molecular flexibility index (Phi) is 7.61. The first-order chi connectivity index (χ1) is 13.3. The number of rotatable bonds is 8. The number of hydrogen-bond donors (Lipinski definition) is 2. The van der Waals surface area contributed by atoms with E-state index in [1.54, 1.807) is 36.4 Å². The van der Waals surface area contributed by atoms with Gasteiger partial charge in [0, 0.05) is 5.56 Å². The van der Waals surface area contributed by atoms with E-state index in [0.717, 1.165) is 3.57 Å². The van der Waals surface area contributed by atoms with Gasteiger partial charge in [0.1, 0.15) is 5.75 Å². The average molecular weight is 498 g/mol. The van der Waals surface area contributed by atoms with Crippen LogP contribution in [0.4, 0.5) is 0 Å². The van der Waals surface area contributed by atoms with Crippen molar-refractivity contribution in [2.45, 2.75) is 13.0 Å². The van der Waals surface area contributed by atoms with E-state index in [1.165, 1.54) is 27.4 Å². The number of carboxylic acids is 1. The van der Waals surface area contributed by atoms with Gasteiger partial charge in [-0.25, -0.2) is 10.2 Å². The van der Waals surface area contributed by atoms with Crippen LogP contribution in [0.3, 0.4) is 0 Å². The fourth-order valence-electron chi connectivity index (χ4n) is 2.13. The van der Waals surface area contributed by atoms with Crippen molar-refractivity contribution in [3.63, 3.8) is 0 Å². The summed E-state index contributed by atoms with van der Waals surface area (Å²) in [4.78, 5) is 23.1. The number of halogens is 1. The van der Waals surface area contributed by atoms with Crippen molar-refractivity contribution in [3.8, 4) is 17.2 Å². The standard InChI is InChI=1S/C19H19IN2O6/c1-11(19(24)25)28-15-7-4-12(8-17(15)27-3)10-21-22-18(23)13-5-6-14(20)16(9-13)26-2/h4-11H,1-3H3,(H,22,23)(H,24,25)/b21-10+/t11-/m1/s1. The first-order valence-corrected chi connectivity index (χ1v) is 9.18. The molecule has 0 saturated carbocycles. The van der Waals surface area contributed by atoms with Crippen LogP contribution in [-0.4, -0.2) is 43.5 Å². The molecule has 0 radical (unpaired) electrons. The van der Waals surface area contributed by atoms with Gasteiger partial charge in [-0.15, -0.1) is 0 Å². The van der Waals surface area contributed by atoms with Crippen molar-refractivity contribution in [2.75, 3.05) is 14.2 Å². The number of methoxy groups -OCH3 is 2. The van der Waals surface area contributed by atoms with Gasteiger partial charge >= 0.3 is 5.97 Å². The van der Waals surface area contributed by atoms with Crippen molar-refractivity contribution in [1.82, 2.24) is 5.43 Å². The number of hydrogen-bond acceptors (Lipinski definition) is 6. The molecule has 1 amide bonds. The van der Waals surface area contributed by atoms with Gasteiger partial charge in [-0.2, -0.15) is 5.10 Å². The number of benzene rings is 2. The highest BCUT2D eigenvalue weighted by Gasteiger charge is 2.15. The molecule has 0 fully saturated rings. The van der Waals surface area contributed by atoms with Gasteiger partial charge in [-0.1, -0.05) is 0 Å². The Balaban J connectivity index is 2.07. The molecule has 0 aliphatic heterocycles. The number of nitrogens with one attached hydrogen (secondary N) is 1. The minimum atomic E-state index is -1.08. The normalized spacial score (nSPS) is 11.7. The predicted molar refractivity (Wildman–Crippen MR) is 111 cm³/mol. The van der Waals surface area contributed by atoms with Crippen LogP contribution in [0.15, 0.2) is 41.5 Å². The maximum absolute atomic E-state index is 12.2. The smallest absolute Gasteiger partial charge is 0.344 e. The molecule has 0 heterocycles. The second-order valence-electron chi connectivity index (χ2n) is 5.56. The molecule has 0 aliphatic rings. The first kappa shape index (κ1) is 21.5. The fraction of sp³-hybridized carbons (Fsp3) is 0.211. The first-order valence-electron chi connectivity index (χ1n) is 8.10. The highest BCUT2D eigenvalue weighted by molar-refractivity contribution is 14.1. The van der Waals surface area contributed by atoms with E-state index < -0.39 is 12.1 Å². The van der Waals surface area contributed by atoms with Gasteiger partial charge in [0.05, 0.1) is 24.0 Å². The third-order valence-electron chi connectivity index (χ3n) is 3.63. The van der Waals surface area contributed by atoms with Crippen molar-refractivity contribution in [1.29, 1.82) is 0 Å². The van der Waals surface area contributed by atoms with Gasteiger partial charge < -0.3 is 19.3 Å². The minimum absolute atomic E-state index is 0.296. The quantitative estimate of drug-likeness (QED) is 0.330. The summed E-state index contributed by atoms with van der Waals surface area (Å²) < 4.78 is 16.6. The van der Waals surface area contributed by atoms with E-state index in [4.69, 9.17) is 19.3 Å². The van der Waals surface area contributed by atoms with Crippen molar-refractivity contribution < 1.29 is 28.9 Å². The van der Waals surface area contributed by atoms with Gasteiger partial charge in [0.15, 0.2) is 17.6 Å². The number of nitrogens with zero attached hydrogens (tertiary/aromatic N) is 1. The Morgan fingerprint density at radius 2 is 1.82 bits per heavy atom. The molecule has 2 aromatic carbocycles. The molecule has 0 unspecified atom stereocenters. The highest BCUT2D eigenvalue weighted by atomic mass is 127. The van der Waals surface area contributed by atoms with Crippen molar-refractivity contribution in [3.05, 3.63) is 51.1 Å². The lowest BCUT2D eigenvalue weighted by atomic mass is 10.2. The summed E-state index contributed by atoms with van der Waals surface area (Å²) in [5.74, 6) is -0.209. The molecule has 0 saturated heterocycles. The number of amides is 1. The predicted octanol–water partition coefficient (Wildman–Crippen LogP) is 2.92. The molecule has 0 aromatic heterocycles. The van der Waals surface area contributed by atoms with Crippen molar-refractivity contribution in [2.24, 2.45) is 5.10 Å². The third kappa shape index (κ3) is 5.59. The molecule has 28 heavy (non-hydrogen) atoms. The Labute approximate surface area is 175 Å². The molecule has 8 nitrogen and oxygen atoms in total. The van der Waals surface area contributed by atoms with Crippen LogP contribution in [0, 0.1) is 3.57 Å². The number of carbonyl (C=O) groups is 2. The molecule has 1 atom stereocenters. The van der Waals surface area contributed by atoms with Crippen LogP contribution in [0.2, 0.25) is 0 Å². The minimum Gasteiger partial charge on any atom is -0.496 e. The monoisotopic (exact) mass is 498 g/mol. The lowest BCUT2D eigenvalue weighted by Gasteiger charge is -2.14. The Bertz CT molecular complexity index is 900. The number of carbonyl (C=O) groups excluding carboxylic acids is 1. The van der Waals surface area contributed by atoms with E-state index in [9.17, 15) is 9.59 Å². The van der Waals surface area contributed by atoms with E-state index in [-0.39, 0.29) is 5.91 Å². The number of hydrazone groups is 1. The molecule has 9 heteroatoms. The molecular formula is C19H19IN2O6. The third-order valence-corrected chi connectivity index (χ3v) is 4.52.